The predicted molar refractivity (Wildman–Crippen MR) is 60.9 cm³/mol. The van der Waals surface area contributed by atoms with Gasteiger partial charge in [-0.1, -0.05) is 6.07 Å². The molecule has 0 bridgehead atoms. The van der Waals surface area contributed by atoms with Crippen molar-refractivity contribution in [2.24, 2.45) is 10.7 Å². The molecule has 0 radical (unpaired) electrons. The van der Waals surface area contributed by atoms with Crippen LogP contribution in [-0.2, 0) is 10.3 Å². The summed E-state index contributed by atoms with van der Waals surface area (Å²) in [7, 11) is 0. The molecule has 0 saturated heterocycles. The molecule has 1 aromatic carbocycles. The number of nitrogens with two attached hydrogens (primary N) is 1. The molecule has 1 unspecified atom stereocenters. The highest BCUT2D eigenvalue weighted by molar-refractivity contribution is 5.73. The Bertz CT molecular complexity index is 537. The molecule has 0 aromatic heterocycles. The average Bonchev–Trinajstić information content (AvgIpc) is 2.25. The van der Waals surface area contributed by atoms with E-state index in [9.17, 15) is 22.0 Å². The molecule has 20 heavy (non-hydrogen) atoms. The molecular weight excluding hydrogens is 283 g/mol. The highest BCUT2D eigenvalue weighted by atomic mass is 19.4. The van der Waals surface area contributed by atoms with Gasteiger partial charge in [0.15, 0.2) is 6.10 Å². The molecule has 1 aliphatic heterocycles. The van der Waals surface area contributed by atoms with E-state index in [1.54, 1.807) is 0 Å². The van der Waals surface area contributed by atoms with Gasteiger partial charge in [-0.05, 0) is 19.1 Å². The fraction of sp³-hybridized carbons (Fsp3) is 0.417. The Hall–Kier alpha value is -1.86. The van der Waals surface area contributed by atoms with Crippen molar-refractivity contribution >= 4 is 6.02 Å². The highest BCUT2D eigenvalue weighted by Crippen LogP contribution is 2.41. The van der Waals surface area contributed by atoms with Crippen molar-refractivity contribution in [3.63, 3.8) is 0 Å². The maximum atomic E-state index is 13.8. The fourth-order valence-electron chi connectivity index (χ4n) is 2.22. The van der Waals surface area contributed by atoms with Crippen LogP contribution in [0.25, 0.3) is 0 Å². The number of alkyl halides is 3. The summed E-state index contributed by atoms with van der Waals surface area (Å²) in [6.45, 7) is 1.18. The first-order valence-corrected chi connectivity index (χ1v) is 5.67. The van der Waals surface area contributed by atoms with Crippen LogP contribution in [0, 0.1) is 11.6 Å². The molecule has 0 fully saturated rings. The third-order valence-corrected chi connectivity index (χ3v) is 3.07. The maximum absolute atomic E-state index is 13.8. The fourth-order valence-corrected chi connectivity index (χ4v) is 2.22. The minimum absolute atomic E-state index is 0.555. The van der Waals surface area contributed by atoms with Gasteiger partial charge in [0.25, 0.3) is 6.02 Å². The summed E-state index contributed by atoms with van der Waals surface area (Å²) in [6.07, 6.45) is -7.72. The second-order valence-electron chi connectivity index (χ2n) is 4.67. The number of nitrogens with zero attached hydrogens (tertiary/aromatic N) is 1. The quantitative estimate of drug-likeness (QED) is 0.810. The number of hydrogen-bond acceptors (Lipinski definition) is 3. The van der Waals surface area contributed by atoms with E-state index in [0.717, 1.165) is 18.2 Å². The lowest BCUT2D eigenvalue weighted by molar-refractivity contribution is -0.208. The minimum Gasteiger partial charge on any atom is -0.452 e. The molecule has 8 heteroatoms. The van der Waals surface area contributed by atoms with E-state index >= 15 is 0 Å². The van der Waals surface area contributed by atoms with Crippen LogP contribution in [0.5, 0.6) is 0 Å². The van der Waals surface area contributed by atoms with E-state index in [-0.39, 0.29) is 0 Å². The Morgan fingerprint density at radius 2 is 1.85 bits per heavy atom. The molecule has 110 valence electrons. The van der Waals surface area contributed by atoms with Crippen molar-refractivity contribution in [2.45, 2.75) is 31.2 Å². The molecular formula is C12H11F5N2O. The van der Waals surface area contributed by atoms with E-state index in [4.69, 9.17) is 5.73 Å². The zero-order chi connectivity index (χ0) is 15.1. The summed E-state index contributed by atoms with van der Waals surface area (Å²) in [5.41, 5.74) is 2.88. The van der Waals surface area contributed by atoms with Crippen molar-refractivity contribution in [3.8, 4) is 0 Å². The van der Waals surface area contributed by atoms with Gasteiger partial charge >= 0.3 is 6.18 Å². The summed E-state index contributed by atoms with van der Waals surface area (Å²) < 4.78 is 70.2. The summed E-state index contributed by atoms with van der Waals surface area (Å²) in [4.78, 5) is 3.66. The van der Waals surface area contributed by atoms with Gasteiger partial charge in [-0.15, -0.1) is 0 Å². The van der Waals surface area contributed by atoms with Crippen LogP contribution in [0.4, 0.5) is 22.0 Å². The summed E-state index contributed by atoms with van der Waals surface area (Å²) in [5.74, 6) is -1.96. The minimum atomic E-state index is -4.70. The van der Waals surface area contributed by atoms with Crippen LogP contribution in [0.15, 0.2) is 23.2 Å². The van der Waals surface area contributed by atoms with Crippen LogP contribution in [0.2, 0.25) is 0 Å². The molecule has 0 aliphatic carbocycles. The third kappa shape index (κ3) is 2.54. The van der Waals surface area contributed by atoms with E-state index in [2.05, 4.69) is 9.73 Å². The summed E-state index contributed by atoms with van der Waals surface area (Å²) >= 11 is 0. The molecule has 2 N–H and O–H groups in total. The topological polar surface area (TPSA) is 47.6 Å². The number of rotatable bonds is 1. The van der Waals surface area contributed by atoms with Gasteiger partial charge in [0.1, 0.15) is 11.6 Å². The van der Waals surface area contributed by atoms with Gasteiger partial charge in [-0.3, -0.25) is 0 Å². The molecule has 0 amide bonds. The molecule has 2 atom stereocenters. The lowest BCUT2D eigenvalue weighted by atomic mass is 9.85. The average molecular weight is 294 g/mol. The molecule has 2 rings (SSSR count). The molecule has 1 heterocycles. The van der Waals surface area contributed by atoms with Gasteiger partial charge in [-0.25, -0.2) is 13.8 Å². The SMILES string of the molecule is C[C@@]1(c2c(F)cccc2F)CC(C(F)(F)F)OC(N)=N1. The van der Waals surface area contributed by atoms with Crippen molar-refractivity contribution in [3.05, 3.63) is 35.4 Å². The number of aliphatic imine (C=N–C) groups is 1. The molecule has 0 saturated carbocycles. The number of hydrogen-bond donors (Lipinski definition) is 1. The van der Waals surface area contributed by atoms with Gasteiger partial charge in [0, 0.05) is 6.42 Å². The molecule has 0 spiro atoms. The first kappa shape index (κ1) is 14.5. The summed E-state index contributed by atoms with van der Waals surface area (Å²) in [6, 6.07) is 2.27. The first-order chi connectivity index (χ1) is 9.13. The zero-order valence-electron chi connectivity index (χ0n) is 10.3. The number of benzene rings is 1. The maximum Gasteiger partial charge on any atom is 0.425 e. The highest BCUT2D eigenvalue weighted by Gasteiger charge is 2.50. The Morgan fingerprint density at radius 1 is 1.30 bits per heavy atom. The van der Waals surface area contributed by atoms with E-state index in [1.807, 2.05) is 0 Å². The Kier molecular flexibility index (Phi) is 3.35. The standard InChI is InChI=1S/C12H11F5N2O/c1-11(9-6(13)3-2-4-7(9)14)5-8(12(15,16)17)20-10(18)19-11/h2-4,8H,5H2,1H3,(H2,18,19)/t8?,11-/m0/s1. The van der Waals surface area contributed by atoms with Crippen LogP contribution in [0.1, 0.15) is 18.9 Å². The number of halogens is 5. The van der Waals surface area contributed by atoms with Crippen LogP contribution in [0.3, 0.4) is 0 Å². The van der Waals surface area contributed by atoms with E-state index < -0.39 is 47.5 Å². The van der Waals surface area contributed by atoms with Crippen LogP contribution >= 0.6 is 0 Å². The van der Waals surface area contributed by atoms with E-state index in [0.29, 0.717) is 0 Å². The van der Waals surface area contributed by atoms with E-state index in [1.165, 1.54) is 6.92 Å². The number of ether oxygens (including phenoxy) is 1. The van der Waals surface area contributed by atoms with Gasteiger partial charge in [-0.2, -0.15) is 13.2 Å². The lowest BCUT2D eigenvalue weighted by Gasteiger charge is -2.35. The summed E-state index contributed by atoms with van der Waals surface area (Å²) in [5, 5.41) is 0. The van der Waals surface area contributed by atoms with Gasteiger partial charge in [0.05, 0.1) is 11.1 Å². The molecule has 3 nitrogen and oxygen atoms in total. The predicted octanol–water partition coefficient (Wildman–Crippen LogP) is 2.85. The third-order valence-electron chi connectivity index (χ3n) is 3.07. The second kappa shape index (κ2) is 4.60. The Morgan fingerprint density at radius 3 is 2.35 bits per heavy atom. The zero-order valence-corrected chi connectivity index (χ0v) is 10.3. The normalized spacial score (nSPS) is 26.9. The lowest BCUT2D eigenvalue weighted by Crippen LogP contribution is -2.46. The van der Waals surface area contributed by atoms with Gasteiger partial charge < -0.3 is 10.5 Å². The van der Waals surface area contributed by atoms with Crippen molar-refractivity contribution in [1.82, 2.24) is 0 Å². The molecule has 1 aromatic rings. The Labute approximate surface area is 111 Å². The largest absolute Gasteiger partial charge is 0.452 e. The van der Waals surface area contributed by atoms with Crippen LogP contribution < -0.4 is 5.73 Å². The molecule has 1 aliphatic rings. The smallest absolute Gasteiger partial charge is 0.425 e. The Balaban J connectivity index is 2.51. The van der Waals surface area contributed by atoms with Crippen molar-refractivity contribution in [2.75, 3.05) is 0 Å². The first-order valence-electron chi connectivity index (χ1n) is 5.67. The van der Waals surface area contributed by atoms with Gasteiger partial charge in [0.2, 0.25) is 0 Å². The number of amidine groups is 1. The van der Waals surface area contributed by atoms with Crippen molar-refractivity contribution < 1.29 is 26.7 Å². The van der Waals surface area contributed by atoms with Crippen LogP contribution in [-0.4, -0.2) is 18.3 Å². The second-order valence-corrected chi connectivity index (χ2v) is 4.67. The monoisotopic (exact) mass is 294 g/mol. The van der Waals surface area contributed by atoms with Crippen molar-refractivity contribution in [1.29, 1.82) is 0 Å².